The van der Waals surface area contributed by atoms with Gasteiger partial charge < -0.3 is 25.2 Å². The molecule has 0 saturated heterocycles. The molecular formula is C26H32N6O6. The number of amides is 2. The number of nitrogens with one attached hydrogen (secondary N) is 3. The highest BCUT2D eigenvalue weighted by Gasteiger charge is 2.30. The zero-order valence-corrected chi connectivity index (χ0v) is 21.8. The van der Waals surface area contributed by atoms with E-state index in [2.05, 4.69) is 25.9 Å². The standard InChI is InChI=1S/C26H32N6O6/c1-14(2)27-26(36)38-17-6-5-16(9-17)20-11-24(30-29-20)28-25(35)22-10-21(31-32(22)3)18-7-15(13-37-4)8-23(34)19(18)12-33/h7-8,10-12,14,16-17,34H,5-6,9,13H2,1-4H3,(H,27,36)(H2,28,29,30,35). The molecule has 1 fully saturated rings. The highest BCUT2D eigenvalue weighted by atomic mass is 16.6. The molecule has 2 amide bonds. The fourth-order valence-corrected chi connectivity index (χ4v) is 4.63. The van der Waals surface area contributed by atoms with Crippen molar-refractivity contribution >= 4 is 24.1 Å². The molecule has 1 aliphatic rings. The van der Waals surface area contributed by atoms with Gasteiger partial charge in [0.15, 0.2) is 12.1 Å². The van der Waals surface area contributed by atoms with E-state index in [1.807, 2.05) is 13.8 Å². The zero-order chi connectivity index (χ0) is 27.4. The van der Waals surface area contributed by atoms with E-state index in [1.54, 1.807) is 25.2 Å². The highest BCUT2D eigenvalue weighted by molar-refractivity contribution is 6.03. The molecule has 2 aromatic heterocycles. The average Bonchev–Trinajstić information content (AvgIpc) is 3.58. The minimum atomic E-state index is -0.438. The van der Waals surface area contributed by atoms with Crippen molar-refractivity contribution in [2.45, 2.75) is 57.8 Å². The third kappa shape index (κ3) is 6.02. The number of aromatic nitrogens is 4. The van der Waals surface area contributed by atoms with Crippen LogP contribution in [-0.2, 0) is 23.1 Å². The molecule has 38 heavy (non-hydrogen) atoms. The topological polar surface area (TPSA) is 160 Å². The van der Waals surface area contributed by atoms with E-state index in [0.717, 1.165) is 18.5 Å². The molecule has 2 unspecified atom stereocenters. The minimum Gasteiger partial charge on any atom is -0.507 e. The number of aryl methyl sites for hydroxylation is 1. The van der Waals surface area contributed by atoms with Crippen molar-refractivity contribution in [1.29, 1.82) is 0 Å². The first kappa shape index (κ1) is 26.9. The molecule has 12 heteroatoms. The Morgan fingerprint density at radius 3 is 2.76 bits per heavy atom. The van der Waals surface area contributed by atoms with Crippen molar-refractivity contribution in [3.63, 3.8) is 0 Å². The van der Waals surface area contributed by atoms with Crippen LogP contribution in [0.5, 0.6) is 5.75 Å². The van der Waals surface area contributed by atoms with Crippen molar-refractivity contribution < 1.29 is 29.0 Å². The van der Waals surface area contributed by atoms with Crippen molar-refractivity contribution in [3.05, 3.63) is 46.8 Å². The Kier molecular flexibility index (Phi) is 8.10. The number of phenolic OH excluding ortho intramolecular Hbond substituents is 1. The van der Waals surface area contributed by atoms with Crippen molar-refractivity contribution in [2.24, 2.45) is 7.05 Å². The normalized spacial score (nSPS) is 17.0. The second-order valence-electron chi connectivity index (χ2n) is 9.66. The number of ether oxygens (including phenoxy) is 2. The Balaban J connectivity index is 1.44. The number of rotatable bonds is 9. The Labute approximate surface area is 219 Å². The molecule has 1 aliphatic carbocycles. The van der Waals surface area contributed by atoms with Gasteiger partial charge in [0.25, 0.3) is 5.91 Å². The molecule has 1 saturated carbocycles. The largest absolute Gasteiger partial charge is 0.507 e. The Morgan fingerprint density at radius 1 is 1.26 bits per heavy atom. The van der Waals surface area contributed by atoms with Crippen LogP contribution in [0.15, 0.2) is 24.3 Å². The fraction of sp³-hybridized carbons (Fsp3) is 0.423. The van der Waals surface area contributed by atoms with Crippen molar-refractivity contribution in [2.75, 3.05) is 12.4 Å². The lowest BCUT2D eigenvalue weighted by atomic mass is 10.0. The van der Waals surface area contributed by atoms with Crippen LogP contribution in [-0.4, -0.2) is 62.6 Å². The van der Waals surface area contributed by atoms with Crippen LogP contribution in [0.2, 0.25) is 0 Å². The maximum atomic E-state index is 13.0. The summed E-state index contributed by atoms with van der Waals surface area (Å²) in [6.45, 7) is 3.98. The van der Waals surface area contributed by atoms with Crippen LogP contribution in [0, 0.1) is 0 Å². The molecule has 4 rings (SSSR count). The number of carbonyl (C=O) groups excluding carboxylic acids is 3. The molecule has 12 nitrogen and oxygen atoms in total. The van der Waals surface area contributed by atoms with E-state index in [0.29, 0.717) is 35.3 Å². The van der Waals surface area contributed by atoms with Gasteiger partial charge in [-0.25, -0.2) is 4.79 Å². The summed E-state index contributed by atoms with van der Waals surface area (Å²) in [6, 6.07) is 6.48. The molecule has 0 bridgehead atoms. The van der Waals surface area contributed by atoms with Crippen LogP contribution in [0.25, 0.3) is 11.3 Å². The van der Waals surface area contributed by atoms with Crippen LogP contribution in [0.4, 0.5) is 10.6 Å². The number of hydrogen-bond donors (Lipinski definition) is 4. The van der Waals surface area contributed by atoms with E-state index in [4.69, 9.17) is 9.47 Å². The number of aromatic amines is 1. The van der Waals surface area contributed by atoms with Gasteiger partial charge in [-0.05, 0) is 56.9 Å². The number of nitrogens with zero attached hydrogens (tertiary/aromatic N) is 3. The van der Waals surface area contributed by atoms with Crippen LogP contribution < -0.4 is 10.6 Å². The molecule has 0 aliphatic heterocycles. The summed E-state index contributed by atoms with van der Waals surface area (Å²) in [4.78, 5) is 36.6. The minimum absolute atomic E-state index is 0.00836. The zero-order valence-electron chi connectivity index (χ0n) is 21.8. The van der Waals surface area contributed by atoms with Gasteiger partial charge in [-0.15, -0.1) is 0 Å². The summed E-state index contributed by atoms with van der Waals surface area (Å²) in [5.74, 6) is -0.150. The van der Waals surface area contributed by atoms with Gasteiger partial charge in [0, 0.05) is 43.4 Å². The summed E-state index contributed by atoms with van der Waals surface area (Å²) in [6.07, 6.45) is 2.20. The maximum absolute atomic E-state index is 13.0. The van der Waals surface area contributed by atoms with E-state index >= 15 is 0 Å². The number of phenols is 1. The molecule has 1 aromatic carbocycles. The van der Waals surface area contributed by atoms with Gasteiger partial charge in [-0.3, -0.25) is 19.4 Å². The molecular weight excluding hydrogens is 492 g/mol. The summed E-state index contributed by atoms with van der Waals surface area (Å²) in [5.41, 5.74) is 2.57. The number of methoxy groups -OCH3 is 1. The Morgan fingerprint density at radius 2 is 2.05 bits per heavy atom. The van der Waals surface area contributed by atoms with E-state index in [9.17, 15) is 19.5 Å². The summed E-state index contributed by atoms with van der Waals surface area (Å²) in [5, 5.41) is 27.4. The first-order valence-electron chi connectivity index (χ1n) is 12.4. The lowest BCUT2D eigenvalue weighted by molar-refractivity contribution is 0.0979. The first-order valence-corrected chi connectivity index (χ1v) is 12.4. The SMILES string of the molecule is COCc1cc(O)c(C=O)c(-c2cc(C(=O)Nc3cc(C4CCC(OC(=O)NC(C)C)C4)[nH]n3)n(C)n2)c1. The summed E-state index contributed by atoms with van der Waals surface area (Å²) < 4.78 is 12.0. The summed E-state index contributed by atoms with van der Waals surface area (Å²) >= 11 is 0. The van der Waals surface area contributed by atoms with E-state index < -0.39 is 12.0 Å². The molecule has 202 valence electrons. The van der Waals surface area contributed by atoms with E-state index in [-0.39, 0.29) is 41.7 Å². The van der Waals surface area contributed by atoms with Gasteiger partial charge in [0.2, 0.25) is 0 Å². The predicted octanol–water partition coefficient (Wildman–Crippen LogP) is 3.50. The maximum Gasteiger partial charge on any atom is 0.407 e. The monoisotopic (exact) mass is 524 g/mol. The number of benzene rings is 1. The Hall–Kier alpha value is -4.19. The van der Waals surface area contributed by atoms with Gasteiger partial charge in [0.1, 0.15) is 17.5 Å². The second kappa shape index (κ2) is 11.5. The molecule has 0 spiro atoms. The number of aldehydes is 1. The van der Waals surface area contributed by atoms with Gasteiger partial charge in [-0.2, -0.15) is 10.2 Å². The molecule has 4 N–H and O–H groups in total. The van der Waals surface area contributed by atoms with Crippen LogP contribution in [0.1, 0.15) is 71.1 Å². The molecule has 2 heterocycles. The Bertz CT molecular complexity index is 1330. The number of aromatic hydroxyl groups is 1. The number of H-pyrrole nitrogens is 1. The smallest absolute Gasteiger partial charge is 0.407 e. The van der Waals surface area contributed by atoms with Crippen LogP contribution >= 0.6 is 0 Å². The molecule has 0 radical (unpaired) electrons. The predicted molar refractivity (Wildman–Crippen MR) is 138 cm³/mol. The third-order valence-electron chi connectivity index (χ3n) is 6.38. The fourth-order valence-electron chi connectivity index (χ4n) is 4.63. The molecule has 2 atom stereocenters. The first-order chi connectivity index (χ1) is 18.2. The van der Waals surface area contributed by atoms with E-state index in [1.165, 1.54) is 17.9 Å². The van der Waals surface area contributed by atoms with Gasteiger partial charge >= 0.3 is 6.09 Å². The average molecular weight is 525 g/mol. The van der Waals surface area contributed by atoms with Crippen molar-refractivity contribution in [1.82, 2.24) is 25.3 Å². The lowest BCUT2D eigenvalue weighted by Gasteiger charge is -2.14. The van der Waals surface area contributed by atoms with Gasteiger partial charge in [-0.1, -0.05) is 0 Å². The highest BCUT2D eigenvalue weighted by Crippen LogP contribution is 2.36. The van der Waals surface area contributed by atoms with Crippen LogP contribution in [0.3, 0.4) is 0 Å². The van der Waals surface area contributed by atoms with Gasteiger partial charge in [0.05, 0.1) is 17.9 Å². The van der Waals surface area contributed by atoms with Crippen molar-refractivity contribution in [3.8, 4) is 17.0 Å². The number of alkyl carbamates (subject to hydrolysis) is 1. The number of hydrogen-bond acceptors (Lipinski definition) is 8. The summed E-state index contributed by atoms with van der Waals surface area (Å²) in [7, 11) is 3.14. The number of anilines is 1. The number of carbonyl (C=O) groups is 3. The second-order valence-corrected chi connectivity index (χ2v) is 9.66. The quantitative estimate of drug-likeness (QED) is 0.309. The lowest BCUT2D eigenvalue weighted by Crippen LogP contribution is -2.33. The third-order valence-corrected chi connectivity index (χ3v) is 6.38. The molecule has 3 aromatic rings.